The van der Waals surface area contributed by atoms with E-state index in [-0.39, 0.29) is 24.2 Å². The van der Waals surface area contributed by atoms with E-state index in [4.69, 9.17) is 0 Å². The lowest BCUT2D eigenvalue weighted by molar-refractivity contribution is -0.124. The number of para-hydroxylation sites is 1. The van der Waals surface area contributed by atoms with Crippen LogP contribution in [0.3, 0.4) is 0 Å². The number of rotatable bonds is 4. The lowest BCUT2D eigenvalue weighted by Crippen LogP contribution is -2.34. The van der Waals surface area contributed by atoms with Gasteiger partial charge in [0.15, 0.2) is 0 Å². The van der Waals surface area contributed by atoms with Gasteiger partial charge in [0.2, 0.25) is 11.8 Å². The van der Waals surface area contributed by atoms with Crippen LogP contribution >= 0.6 is 0 Å². The minimum absolute atomic E-state index is 0.00823. The fourth-order valence-electron chi connectivity index (χ4n) is 4.29. The van der Waals surface area contributed by atoms with Gasteiger partial charge in [-0.3, -0.25) is 9.59 Å². The highest BCUT2D eigenvalue weighted by atomic mass is 16.2. The van der Waals surface area contributed by atoms with Gasteiger partial charge in [-0.05, 0) is 55.2 Å². The first-order valence-corrected chi connectivity index (χ1v) is 10.5. The summed E-state index contributed by atoms with van der Waals surface area (Å²) in [5.41, 5.74) is 2.94. The third-order valence-corrected chi connectivity index (χ3v) is 6.26. The molecule has 0 bridgehead atoms. The monoisotopic (exact) mass is 391 g/mol. The van der Waals surface area contributed by atoms with Crippen LogP contribution < -0.4 is 14.7 Å². The Kier molecular flexibility index (Phi) is 5.56. The smallest absolute Gasteiger partial charge is 0.232 e. The summed E-state index contributed by atoms with van der Waals surface area (Å²) in [5, 5.41) is 0. The largest absolute Gasteiger partial charge is 0.372 e. The van der Waals surface area contributed by atoms with Crippen molar-refractivity contribution in [2.45, 2.75) is 26.2 Å². The Labute approximate surface area is 172 Å². The fraction of sp³-hybridized carbons (Fsp3) is 0.417. The normalized spacial score (nSPS) is 20.2. The minimum Gasteiger partial charge on any atom is -0.372 e. The first kappa shape index (κ1) is 19.5. The second-order valence-electron chi connectivity index (χ2n) is 8.32. The SMILES string of the molecule is CC1CCN(c2ccc(N3CC(C(=O)N(C)c4ccccc4)CC3=O)cc2)CC1. The van der Waals surface area contributed by atoms with Gasteiger partial charge in [-0.2, -0.15) is 0 Å². The molecule has 2 aromatic rings. The van der Waals surface area contributed by atoms with Crippen molar-refractivity contribution in [1.82, 2.24) is 0 Å². The average molecular weight is 392 g/mol. The fourth-order valence-corrected chi connectivity index (χ4v) is 4.29. The summed E-state index contributed by atoms with van der Waals surface area (Å²) < 4.78 is 0. The van der Waals surface area contributed by atoms with Gasteiger partial charge in [-0.25, -0.2) is 0 Å². The molecule has 2 fully saturated rings. The van der Waals surface area contributed by atoms with Crippen molar-refractivity contribution in [3.63, 3.8) is 0 Å². The van der Waals surface area contributed by atoms with Gasteiger partial charge in [0.1, 0.15) is 0 Å². The molecule has 4 rings (SSSR count). The Hall–Kier alpha value is -2.82. The van der Waals surface area contributed by atoms with Gasteiger partial charge in [-0.1, -0.05) is 25.1 Å². The van der Waals surface area contributed by atoms with Gasteiger partial charge in [-0.15, -0.1) is 0 Å². The lowest BCUT2D eigenvalue weighted by Gasteiger charge is -2.32. The molecule has 0 aliphatic carbocycles. The maximum absolute atomic E-state index is 12.9. The number of carbonyl (C=O) groups excluding carboxylic acids is 2. The molecule has 5 nitrogen and oxygen atoms in total. The molecule has 2 heterocycles. The molecule has 152 valence electrons. The standard InChI is InChI=1S/C24H29N3O2/c1-18-12-14-26(15-13-18)21-8-10-22(11-9-21)27-17-19(16-23(27)28)24(29)25(2)20-6-4-3-5-7-20/h3-11,18-19H,12-17H2,1-2H3. The molecular weight excluding hydrogens is 362 g/mol. The second-order valence-corrected chi connectivity index (χ2v) is 8.32. The topological polar surface area (TPSA) is 43.9 Å². The summed E-state index contributed by atoms with van der Waals surface area (Å²) in [4.78, 5) is 31.3. The van der Waals surface area contributed by atoms with E-state index >= 15 is 0 Å². The summed E-state index contributed by atoms with van der Waals surface area (Å²) in [7, 11) is 1.78. The zero-order chi connectivity index (χ0) is 20.4. The van der Waals surface area contributed by atoms with Crippen LogP contribution in [0, 0.1) is 11.8 Å². The number of hydrogen-bond donors (Lipinski definition) is 0. The Morgan fingerprint density at radius 2 is 1.59 bits per heavy atom. The molecule has 1 unspecified atom stereocenters. The highest BCUT2D eigenvalue weighted by Gasteiger charge is 2.36. The molecule has 5 heteroatoms. The number of nitrogens with zero attached hydrogens (tertiary/aromatic N) is 3. The molecule has 2 amide bonds. The quantitative estimate of drug-likeness (QED) is 0.793. The van der Waals surface area contributed by atoms with Crippen LogP contribution in [0.1, 0.15) is 26.2 Å². The summed E-state index contributed by atoms with van der Waals surface area (Å²) in [6.07, 6.45) is 2.72. The van der Waals surface area contributed by atoms with Gasteiger partial charge < -0.3 is 14.7 Å². The van der Waals surface area contributed by atoms with E-state index in [1.807, 2.05) is 42.5 Å². The van der Waals surface area contributed by atoms with Crippen molar-refractivity contribution in [3.05, 3.63) is 54.6 Å². The molecule has 0 N–H and O–H groups in total. The summed E-state index contributed by atoms with van der Waals surface area (Å²) in [5.74, 6) is 0.502. The lowest BCUT2D eigenvalue weighted by atomic mass is 9.99. The van der Waals surface area contributed by atoms with E-state index in [0.29, 0.717) is 6.54 Å². The highest BCUT2D eigenvalue weighted by Crippen LogP contribution is 2.30. The molecule has 0 radical (unpaired) electrons. The Morgan fingerprint density at radius 1 is 0.966 bits per heavy atom. The van der Waals surface area contributed by atoms with Crippen LogP contribution in [0.25, 0.3) is 0 Å². The molecule has 2 aromatic carbocycles. The van der Waals surface area contributed by atoms with E-state index in [1.165, 1.54) is 18.5 Å². The molecule has 0 saturated carbocycles. The summed E-state index contributed by atoms with van der Waals surface area (Å²) in [6.45, 7) is 4.93. The molecule has 29 heavy (non-hydrogen) atoms. The number of amides is 2. The summed E-state index contributed by atoms with van der Waals surface area (Å²) >= 11 is 0. The van der Waals surface area contributed by atoms with Gasteiger partial charge in [0.05, 0.1) is 5.92 Å². The molecule has 2 aliphatic rings. The van der Waals surface area contributed by atoms with Crippen molar-refractivity contribution in [1.29, 1.82) is 0 Å². The molecule has 2 saturated heterocycles. The molecule has 2 aliphatic heterocycles. The van der Waals surface area contributed by atoms with E-state index in [9.17, 15) is 9.59 Å². The van der Waals surface area contributed by atoms with E-state index in [0.717, 1.165) is 30.4 Å². The Bertz CT molecular complexity index is 857. The van der Waals surface area contributed by atoms with E-state index < -0.39 is 0 Å². The van der Waals surface area contributed by atoms with Crippen LogP contribution in [-0.2, 0) is 9.59 Å². The number of piperidine rings is 1. The third kappa shape index (κ3) is 4.14. The first-order valence-electron chi connectivity index (χ1n) is 10.5. The minimum atomic E-state index is -0.309. The van der Waals surface area contributed by atoms with Crippen molar-refractivity contribution in [3.8, 4) is 0 Å². The number of benzene rings is 2. The molecular formula is C24H29N3O2. The van der Waals surface area contributed by atoms with Crippen LogP contribution in [-0.4, -0.2) is 38.5 Å². The van der Waals surface area contributed by atoms with Crippen LogP contribution in [0.2, 0.25) is 0 Å². The maximum atomic E-state index is 12.9. The van der Waals surface area contributed by atoms with Gasteiger partial charge >= 0.3 is 0 Å². The molecule has 0 spiro atoms. The van der Waals surface area contributed by atoms with Crippen LogP contribution in [0.15, 0.2) is 54.6 Å². The highest BCUT2D eigenvalue weighted by molar-refractivity contribution is 6.04. The van der Waals surface area contributed by atoms with Crippen molar-refractivity contribution < 1.29 is 9.59 Å². The van der Waals surface area contributed by atoms with Crippen molar-refractivity contribution >= 4 is 28.9 Å². The van der Waals surface area contributed by atoms with Crippen molar-refractivity contribution in [2.75, 3.05) is 41.4 Å². The van der Waals surface area contributed by atoms with E-state index in [2.05, 4.69) is 24.0 Å². The molecule has 0 aromatic heterocycles. The zero-order valence-corrected chi connectivity index (χ0v) is 17.3. The van der Waals surface area contributed by atoms with Gasteiger partial charge in [0.25, 0.3) is 0 Å². The average Bonchev–Trinajstić information content (AvgIpc) is 3.15. The third-order valence-electron chi connectivity index (χ3n) is 6.26. The number of carbonyl (C=O) groups is 2. The summed E-state index contributed by atoms with van der Waals surface area (Å²) in [6, 6.07) is 17.8. The first-order chi connectivity index (χ1) is 14.0. The predicted octanol–water partition coefficient (Wildman–Crippen LogP) is 3.94. The zero-order valence-electron chi connectivity index (χ0n) is 17.3. The van der Waals surface area contributed by atoms with Crippen LogP contribution in [0.4, 0.5) is 17.1 Å². The Morgan fingerprint density at radius 3 is 2.24 bits per heavy atom. The van der Waals surface area contributed by atoms with Gasteiger partial charge in [0, 0.05) is 50.2 Å². The number of anilines is 3. The number of hydrogen-bond acceptors (Lipinski definition) is 3. The second kappa shape index (κ2) is 8.27. The predicted molar refractivity (Wildman–Crippen MR) is 117 cm³/mol. The van der Waals surface area contributed by atoms with E-state index in [1.54, 1.807) is 16.8 Å². The van der Waals surface area contributed by atoms with Crippen molar-refractivity contribution in [2.24, 2.45) is 11.8 Å². The Balaban J connectivity index is 1.42. The maximum Gasteiger partial charge on any atom is 0.232 e. The molecule has 1 atom stereocenters. The van der Waals surface area contributed by atoms with Crippen LogP contribution in [0.5, 0.6) is 0 Å².